The first kappa shape index (κ1) is 14.1. The van der Waals surface area contributed by atoms with Crippen LogP contribution >= 0.6 is 0 Å². The second kappa shape index (κ2) is 5.77. The highest BCUT2D eigenvalue weighted by Crippen LogP contribution is 2.12. The molecular formula is C15H20N4O. The number of anilines is 1. The van der Waals surface area contributed by atoms with Crippen LogP contribution in [-0.2, 0) is 13.5 Å². The maximum atomic E-state index is 11.9. The number of aromatic nitrogens is 2. The number of rotatable bonds is 4. The number of nitrogens with two attached hydrogens (primary N) is 1. The second-order valence-corrected chi connectivity index (χ2v) is 4.90. The highest BCUT2D eigenvalue weighted by Gasteiger charge is 2.10. The summed E-state index contributed by atoms with van der Waals surface area (Å²) in [7, 11) is 1.93. The zero-order chi connectivity index (χ0) is 14.7. The van der Waals surface area contributed by atoms with Gasteiger partial charge in [-0.3, -0.25) is 9.48 Å². The van der Waals surface area contributed by atoms with Crippen LogP contribution in [0.4, 0.5) is 5.69 Å². The van der Waals surface area contributed by atoms with Gasteiger partial charge in [0.1, 0.15) is 0 Å². The maximum absolute atomic E-state index is 11.9. The van der Waals surface area contributed by atoms with Crippen LogP contribution in [0, 0.1) is 13.8 Å². The van der Waals surface area contributed by atoms with Crippen LogP contribution in [0.25, 0.3) is 0 Å². The van der Waals surface area contributed by atoms with Gasteiger partial charge in [0.05, 0.1) is 5.69 Å². The lowest BCUT2D eigenvalue weighted by Gasteiger charge is -2.06. The molecule has 0 aliphatic heterocycles. The second-order valence-electron chi connectivity index (χ2n) is 4.90. The minimum absolute atomic E-state index is 0.0794. The van der Waals surface area contributed by atoms with Crippen LogP contribution in [0.1, 0.15) is 27.3 Å². The molecule has 5 heteroatoms. The summed E-state index contributed by atoms with van der Waals surface area (Å²) in [4.78, 5) is 11.9. The fourth-order valence-corrected chi connectivity index (χ4v) is 2.22. The number of carbonyl (C=O) groups is 1. The Morgan fingerprint density at radius 3 is 2.50 bits per heavy atom. The van der Waals surface area contributed by atoms with Crippen LogP contribution in [0.15, 0.2) is 24.3 Å². The summed E-state index contributed by atoms with van der Waals surface area (Å²) < 4.78 is 1.87. The van der Waals surface area contributed by atoms with Gasteiger partial charge in [0, 0.05) is 30.5 Å². The van der Waals surface area contributed by atoms with E-state index in [-0.39, 0.29) is 5.91 Å². The normalized spacial score (nSPS) is 10.6. The smallest absolute Gasteiger partial charge is 0.251 e. The molecule has 1 aromatic heterocycles. The molecule has 2 aromatic rings. The predicted octanol–water partition coefficient (Wildman–Crippen LogP) is 1.59. The third kappa shape index (κ3) is 2.99. The molecule has 5 nitrogen and oxygen atoms in total. The fraction of sp³-hybridized carbons (Fsp3) is 0.333. The molecule has 0 saturated heterocycles. The van der Waals surface area contributed by atoms with Crippen molar-refractivity contribution in [2.24, 2.45) is 7.05 Å². The molecule has 0 fully saturated rings. The van der Waals surface area contributed by atoms with Crippen LogP contribution in [0.3, 0.4) is 0 Å². The summed E-state index contributed by atoms with van der Waals surface area (Å²) in [6.07, 6.45) is 0.784. The molecular weight excluding hydrogens is 252 g/mol. The molecule has 0 atom stereocenters. The summed E-state index contributed by atoms with van der Waals surface area (Å²) in [6, 6.07) is 6.91. The molecule has 1 amide bonds. The average molecular weight is 272 g/mol. The Labute approximate surface area is 118 Å². The lowest BCUT2D eigenvalue weighted by Crippen LogP contribution is -2.25. The molecule has 20 heavy (non-hydrogen) atoms. The van der Waals surface area contributed by atoms with Crippen molar-refractivity contribution in [2.75, 3.05) is 12.3 Å². The number of amides is 1. The molecule has 0 saturated carbocycles. The summed E-state index contributed by atoms with van der Waals surface area (Å²) in [5.74, 6) is -0.0794. The van der Waals surface area contributed by atoms with Gasteiger partial charge in [0.15, 0.2) is 0 Å². The molecule has 0 unspecified atom stereocenters. The minimum Gasteiger partial charge on any atom is -0.399 e. The monoisotopic (exact) mass is 272 g/mol. The Morgan fingerprint density at radius 2 is 1.95 bits per heavy atom. The Morgan fingerprint density at radius 1 is 1.30 bits per heavy atom. The summed E-state index contributed by atoms with van der Waals surface area (Å²) in [6.45, 7) is 4.62. The third-order valence-electron chi connectivity index (χ3n) is 3.49. The Kier molecular flexibility index (Phi) is 4.08. The Hall–Kier alpha value is -2.30. The number of nitrogens with one attached hydrogen (secondary N) is 1. The van der Waals surface area contributed by atoms with E-state index in [2.05, 4.69) is 10.4 Å². The highest BCUT2D eigenvalue weighted by molar-refractivity contribution is 5.94. The van der Waals surface area contributed by atoms with Crippen molar-refractivity contribution in [3.05, 3.63) is 46.8 Å². The zero-order valence-corrected chi connectivity index (χ0v) is 12.1. The fourth-order valence-electron chi connectivity index (χ4n) is 2.22. The largest absolute Gasteiger partial charge is 0.399 e. The summed E-state index contributed by atoms with van der Waals surface area (Å²) in [5.41, 5.74) is 10.2. The van der Waals surface area contributed by atoms with Gasteiger partial charge in [-0.05, 0) is 50.1 Å². The number of hydrogen-bond acceptors (Lipinski definition) is 3. The van der Waals surface area contributed by atoms with Crippen molar-refractivity contribution in [3.8, 4) is 0 Å². The van der Waals surface area contributed by atoms with Crippen molar-refractivity contribution in [1.82, 2.24) is 15.1 Å². The van der Waals surface area contributed by atoms with Crippen LogP contribution in [0.5, 0.6) is 0 Å². The van der Waals surface area contributed by atoms with E-state index < -0.39 is 0 Å². The van der Waals surface area contributed by atoms with E-state index in [0.717, 1.165) is 17.8 Å². The van der Waals surface area contributed by atoms with Crippen molar-refractivity contribution in [1.29, 1.82) is 0 Å². The first-order valence-corrected chi connectivity index (χ1v) is 6.62. The Balaban J connectivity index is 1.93. The Bertz CT molecular complexity index is 614. The molecule has 0 bridgehead atoms. The standard InChI is InChI=1S/C15H20N4O/c1-10-14(11(2)19(3)18-10)8-9-17-15(20)12-4-6-13(16)7-5-12/h4-7H,8-9,16H2,1-3H3,(H,17,20). The van der Waals surface area contributed by atoms with E-state index in [1.165, 1.54) is 5.56 Å². The van der Waals surface area contributed by atoms with Crippen molar-refractivity contribution < 1.29 is 4.79 Å². The maximum Gasteiger partial charge on any atom is 0.251 e. The van der Waals surface area contributed by atoms with Gasteiger partial charge in [-0.15, -0.1) is 0 Å². The van der Waals surface area contributed by atoms with E-state index in [0.29, 0.717) is 17.8 Å². The number of nitrogen functional groups attached to an aromatic ring is 1. The quantitative estimate of drug-likeness (QED) is 0.830. The van der Waals surface area contributed by atoms with Crippen LogP contribution < -0.4 is 11.1 Å². The first-order valence-electron chi connectivity index (χ1n) is 6.62. The van der Waals surface area contributed by atoms with E-state index >= 15 is 0 Å². The molecule has 0 aliphatic rings. The topological polar surface area (TPSA) is 72.9 Å². The van der Waals surface area contributed by atoms with Gasteiger partial charge in [-0.25, -0.2) is 0 Å². The van der Waals surface area contributed by atoms with Gasteiger partial charge < -0.3 is 11.1 Å². The molecule has 1 aromatic carbocycles. The number of carbonyl (C=O) groups excluding carboxylic acids is 1. The van der Waals surface area contributed by atoms with E-state index in [4.69, 9.17) is 5.73 Å². The first-order chi connectivity index (χ1) is 9.49. The highest BCUT2D eigenvalue weighted by atomic mass is 16.1. The minimum atomic E-state index is -0.0794. The zero-order valence-electron chi connectivity index (χ0n) is 12.1. The molecule has 106 valence electrons. The number of hydrogen-bond donors (Lipinski definition) is 2. The van der Waals surface area contributed by atoms with Gasteiger partial charge >= 0.3 is 0 Å². The van der Waals surface area contributed by atoms with Gasteiger partial charge in [0.2, 0.25) is 0 Å². The number of nitrogens with zero attached hydrogens (tertiary/aromatic N) is 2. The number of aryl methyl sites for hydroxylation is 2. The lowest BCUT2D eigenvalue weighted by atomic mass is 10.1. The average Bonchev–Trinajstić information content (AvgIpc) is 2.65. The molecule has 3 N–H and O–H groups in total. The molecule has 2 rings (SSSR count). The molecule has 1 heterocycles. The lowest BCUT2D eigenvalue weighted by molar-refractivity contribution is 0.0954. The molecule has 0 aliphatic carbocycles. The molecule has 0 spiro atoms. The number of benzene rings is 1. The third-order valence-corrected chi connectivity index (χ3v) is 3.49. The van der Waals surface area contributed by atoms with Crippen molar-refractivity contribution in [3.63, 3.8) is 0 Å². The van der Waals surface area contributed by atoms with E-state index in [9.17, 15) is 4.79 Å². The van der Waals surface area contributed by atoms with E-state index in [1.807, 2.05) is 25.6 Å². The van der Waals surface area contributed by atoms with Gasteiger partial charge in [-0.1, -0.05) is 0 Å². The summed E-state index contributed by atoms with van der Waals surface area (Å²) in [5, 5.41) is 7.28. The van der Waals surface area contributed by atoms with Gasteiger partial charge in [0.25, 0.3) is 5.91 Å². The molecule has 0 radical (unpaired) electrons. The van der Waals surface area contributed by atoms with Crippen LogP contribution in [0.2, 0.25) is 0 Å². The predicted molar refractivity (Wildman–Crippen MR) is 79.6 cm³/mol. The SMILES string of the molecule is Cc1nn(C)c(C)c1CCNC(=O)c1ccc(N)cc1. The van der Waals surface area contributed by atoms with Crippen molar-refractivity contribution in [2.45, 2.75) is 20.3 Å². The van der Waals surface area contributed by atoms with Crippen LogP contribution in [-0.4, -0.2) is 22.2 Å². The van der Waals surface area contributed by atoms with E-state index in [1.54, 1.807) is 24.3 Å². The van der Waals surface area contributed by atoms with Crippen molar-refractivity contribution >= 4 is 11.6 Å². The summed E-state index contributed by atoms with van der Waals surface area (Å²) >= 11 is 0. The van der Waals surface area contributed by atoms with Gasteiger partial charge in [-0.2, -0.15) is 5.10 Å².